The van der Waals surface area contributed by atoms with Crippen molar-refractivity contribution < 1.29 is 9.53 Å². The average molecular weight is 386 g/mol. The van der Waals surface area contributed by atoms with Crippen molar-refractivity contribution in [3.05, 3.63) is 59.7 Å². The van der Waals surface area contributed by atoms with Crippen LogP contribution in [0.3, 0.4) is 0 Å². The third-order valence-corrected chi connectivity index (χ3v) is 4.37. The Morgan fingerprint density at radius 3 is 2.19 bits per heavy atom. The molecule has 5 nitrogen and oxygen atoms in total. The number of nitrogens with one attached hydrogen (secondary N) is 2. The normalized spacial score (nSPS) is 10.5. The van der Waals surface area contributed by atoms with Gasteiger partial charge >= 0.3 is 0 Å². The molecule has 0 fully saturated rings. The highest BCUT2D eigenvalue weighted by Gasteiger charge is 2.08. The minimum absolute atomic E-state index is 0.256. The smallest absolute Gasteiger partial charge is 0.257 e. The van der Waals surface area contributed by atoms with Crippen LogP contribution in [0, 0.1) is 0 Å². The molecule has 0 atom stereocenters. The number of rotatable bonds is 8. The molecule has 0 bridgehead atoms. The quantitative estimate of drug-likeness (QED) is 0.672. The predicted octanol–water partition coefficient (Wildman–Crippen LogP) is 4.05. The van der Waals surface area contributed by atoms with Crippen LogP contribution in [0.25, 0.3) is 0 Å². The first kappa shape index (κ1) is 20.9. The van der Waals surface area contributed by atoms with Crippen LogP contribution >= 0.6 is 12.2 Å². The van der Waals surface area contributed by atoms with Gasteiger partial charge in [-0.2, -0.15) is 0 Å². The van der Waals surface area contributed by atoms with E-state index in [1.54, 1.807) is 24.3 Å². The summed E-state index contributed by atoms with van der Waals surface area (Å²) in [5.41, 5.74) is 2.61. The Bertz CT molecular complexity index is 741. The highest BCUT2D eigenvalue weighted by atomic mass is 32.1. The molecule has 0 aliphatic rings. The van der Waals surface area contributed by atoms with Gasteiger partial charge in [-0.05, 0) is 74.2 Å². The summed E-state index contributed by atoms with van der Waals surface area (Å²) in [7, 11) is 0. The number of hydrogen-bond donors (Lipinski definition) is 2. The topological polar surface area (TPSA) is 53.6 Å². The molecule has 0 saturated heterocycles. The molecule has 2 rings (SSSR count). The van der Waals surface area contributed by atoms with Crippen molar-refractivity contribution in [3.63, 3.8) is 0 Å². The lowest BCUT2D eigenvalue weighted by atomic mass is 10.2. The van der Waals surface area contributed by atoms with E-state index < -0.39 is 0 Å². The van der Waals surface area contributed by atoms with Gasteiger partial charge in [0.15, 0.2) is 5.11 Å². The first-order valence-corrected chi connectivity index (χ1v) is 9.63. The summed E-state index contributed by atoms with van der Waals surface area (Å²) in [5.74, 6) is 0.480. The maximum Gasteiger partial charge on any atom is 0.257 e. The van der Waals surface area contributed by atoms with Crippen molar-refractivity contribution in [1.29, 1.82) is 0 Å². The number of ether oxygens (including phenoxy) is 1. The summed E-state index contributed by atoms with van der Waals surface area (Å²) < 4.78 is 5.38. The summed E-state index contributed by atoms with van der Waals surface area (Å²) in [4.78, 5) is 14.6. The number of amides is 1. The van der Waals surface area contributed by atoms with Gasteiger partial charge in [0.05, 0.1) is 6.61 Å². The van der Waals surface area contributed by atoms with E-state index >= 15 is 0 Å². The van der Waals surface area contributed by atoms with Gasteiger partial charge in [0.2, 0.25) is 0 Å². The fourth-order valence-electron chi connectivity index (χ4n) is 2.61. The van der Waals surface area contributed by atoms with Gasteiger partial charge in [-0.25, -0.2) is 0 Å². The Morgan fingerprint density at radius 2 is 1.63 bits per heavy atom. The third-order valence-electron chi connectivity index (χ3n) is 4.17. The number of thiocarbonyl (C=S) groups is 1. The first-order valence-electron chi connectivity index (χ1n) is 9.22. The molecule has 0 aliphatic carbocycles. The van der Waals surface area contributed by atoms with E-state index in [2.05, 4.69) is 41.5 Å². The van der Waals surface area contributed by atoms with E-state index in [1.165, 1.54) is 5.56 Å². The lowest BCUT2D eigenvalue weighted by Crippen LogP contribution is -2.34. The summed E-state index contributed by atoms with van der Waals surface area (Å²) in [6.07, 6.45) is 0. The van der Waals surface area contributed by atoms with Crippen LogP contribution in [0.1, 0.15) is 36.7 Å². The summed E-state index contributed by atoms with van der Waals surface area (Å²) >= 11 is 5.24. The highest BCUT2D eigenvalue weighted by molar-refractivity contribution is 7.80. The third kappa shape index (κ3) is 6.66. The molecule has 0 heterocycles. The largest absolute Gasteiger partial charge is 0.494 e. The van der Waals surface area contributed by atoms with Crippen LogP contribution in [0.15, 0.2) is 48.5 Å². The molecule has 6 heteroatoms. The second-order valence-corrected chi connectivity index (χ2v) is 6.43. The molecule has 2 aromatic carbocycles. The van der Waals surface area contributed by atoms with Crippen molar-refractivity contribution in [2.75, 3.05) is 25.0 Å². The number of hydrogen-bond acceptors (Lipinski definition) is 4. The molecule has 144 valence electrons. The molecule has 1 amide bonds. The van der Waals surface area contributed by atoms with Crippen molar-refractivity contribution in [3.8, 4) is 5.75 Å². The van der Waals surface area contributed by atoms with Crippen molar-refractivity contribution in [1.82, 2.24) is 10.2 Å². The second-order valence-electron chi connectivity index (χ2n) is 6.02. The van der Waals surface area contributed by atoms with Crippen LogP contribution in [-0.4, -0.2) is 35.6 Å². The Morgan fingerprint density at radius 1 is 1.00 bits per heavy atom. The van der Waals surface area contributed by atoms with Gasteiger partial charge < -0.3 is 10.1 Å². The zero-order chi connectivity index (χ0) is 19.6. The summed E-state index contributed by atoms with van der Waals surface area (Å²) in [5, 5.41) is 6.01. The van der Waals surface area contributed by atoms with Crippen LogP contribution in [-0.2, 0) is 6.54 Å². The highest BCUT2D eigenvalue weighted by Crippen LogP contribution is 2.13. The van der Waals surface area contributed by atoms with Gasteiger partial charge in [-0.3, -0.25) is 15.0 Å². The van der Waals surface area contributed by atoms with E-state index in [1.807, 2.05) is 19.1 Å². The molecule has 27 heavy (non-hydrogen) atoms. The standard InChI is InChI=1S/C21H27N3O2S/c1-4-24(5-2)15-16-7-11-18(12-8-16)22-21(27)23-20(25)17-9-13-19(14-10-17)26-6-3/h7-14H,4-6,15H2,1-3H3,(H2,22,23,25,27). The Hall–Kier alpha value is -2.44. The lowest BCUT2D eigenvalue weighted by Gasteiger charge is -2.18. The molecule has 0 unspecified atom stereocenters. The van der Waals surface area contributed by atoms with Gasteiger partial charge in [0.1, 0.15) is 5.75 Å². The molecule has 2 aromatic rings. The maximum absolute atomic E-state index is 12.3. The zero-order valence-electron chi connectivity index (χ0n) is 16.1. The molecule has 0 aromatic heterocycles. The van der Waals surface area contributed by atoms with Crippen LogP contribution in [0.5, 0.6) is 5.75 Å². The number of benzene rings is 2. The molecular weight excluding hydrogens is 358 g/mol. The first-order chi connectivity index (χ1) is 13.0. The van der Waals surface area contributed by atoms with E-state index in [0.717, 1.165) is 31.1 Å². The van der Waals surface area contributed by atoms with Crippen molar-refractivity contribution >= 4 is 28.9 Å². The van der Waals surface area contributed by atoms with E-state index in [9.17, 15) is 4.79 Å². The van der Waals surface area contributed by atoms with Gasteiger partial charge in [0.25, 0.3) is 5.91 Å². The molecule has 2 N–H and O–H groups in total. The minimum Gasteiger partial charge on any atom is -0.494 e. The Labute approximate surface area is 166 Å². The number of carbonyl (C=O) groups excluding carboxylic acids is 1. The predicted molar refractivity (Wildman–Crippen MR) is 114 cm³/mol. The molecular formula is C21H27N3O2S. The Balaban J connectivity index is 1.88. The van der Waals surface area contributed by atoms with E-state index in [0.29, 0.717) is 12.2 Å². The van der Waals surface area contributed by atoms with Crippen LogP contribution in [0.4, 0.5) is 5.69 Å². The molecule has 0 saturated carbocycles. The van der Waals surface area contributed by atoms with Crippen LogP contribution in [0.2, 0.25) is 0 Å². The number of carbonyl (C=O) groups is 1. The Kier molecular flexibility index (Phi) is 8.23. The maximum atomic E-state index is 12.3. The van der Waals surface area contributed by atoms with E-state index in [-0.39, 0.29) is 11.0 Å². The zero-order valence-corrected chi connectivity index (χ0v) is 16.9. The molecule has 0 radical (unpaired) electrons. The number of nitrogens with zero attached hydrogens (tertiary/aromatic N) is 1. The van der Waals surface area contributed by atoms with Gasteiger partial charge in [-0.1, -0.05) is 26.0 Å². The summed E-state index contributed by atoms with van der Waals surface area (Å²) in [6.45, 7) is 9.80. The lowest BCUT2D eigenvalue weighted by molar-refractivity contribution is 0.0977. The summed E-state index contributed by atoms with van der Waals surface area (Å²) in [6, 6.07) is 15.0. The fourth-order valence-corrected chi connectivity index (χ4v) is 2.82. The monoisotopic (exact) mass is 385 g/mol. The van der Waals surface area contributed by atoms with Crippen molar-refractivity contribution in [2.45, 2.75) is 27.3 Å². The van der Waals surface area contributed by atoms with Gasteiger partial charge in [0, 0.05) is 17.8 Å². The van der Waals surface area contributed by atoms with Crippen molar-refractivity contribution in [2.24, 2.45) is 0 Å². The number of anilines is 1. The van der Waals surface area contributed by atoms with Crippen LogP contribution < -0.4 is 15.4 Å². The molecule has 0 aliphatic heterocycles. The second kappa shape index (κ2) is 10.6. The molecule has 0 spiro atoms. The average Bonchev–Trinajstić information content (AvgIpc) is 2.68. The SMILES string of the molecule is CCOc1ccc(C(=O)NC(=S)Nc2ccc(CN(CC)CC)cc2)cc1. The minimum atomic E-state index is -0.256. The van der Waals surface area contributed by atoms with E-state index in [4.69, 9.17) is 17.0 Å². The van der Waals surface area contributed by atoms with Gasteiger partial charge in [-0.15, -0.1) is 0 Å². The fraction of sp³-hybridized carbons (Fsp3) is 0.333.